The second-order valence-corrected chi connectivity index (χ2v) is 23.3. The Balaban J connectivity index is 1.14. The average Bonchev–Trinajstić information content (AvgIpc) is 4.01. The highest BCUT2D eigenvalue weighted by Gasteiger charge is 2.49. The molecular weight excluding hydrogens is 910 g/mol. The van der Waals surface area contributed by atoms with E-state index in [-0.39, 0.29) is 23.1 Å². The largest absolute Gasteiger partial charge is 0.454 e. The van der Waals surface area contributed by atoms with Crippen molar-refractivity contribution in [2.45, 2.75) is 64.7 Å². The van der Waals surface area contributed by atoms with Gasteiger partial charge in [-0.1, -0.05) is 188 Å². The minimum Gasteiger partial charge on any atom is -0.454 e. The molecular formula is C70H56BN3O. The molecule has 4 heterocycles. The van der Waals surface area contributed by atoms with Gasteiger partial charge in [0.25, 0.3) is 0 Å². The maximum Gasteiger partial charge on any atom is 0.333 e. The summed E-state index contributed by atoms with van der Waals surface area (Å²) in [4.78, 5) is 5.07. The SMILES string of the molecule is CC(C)(C)c1ccc(N2c3cc4c(cc3B3c5c2cc2ccccc2c5-c2cc(N(c5ccccc5)c5ccccc5)cc5c6oc7ccccc7c6n3c25)C(C)(C)c2ccccc2C4(C)C)c(-c2ccccc2)c1. The van der Waals surface area contributed by atoms with Gasteiger partial charge in [-0.3, -0.25) is 0 Å². The van der Waals surface area contributed by atoms with Crippen LogP contribution in [0.15, 0.2) is 217 Å². The third-order valence-electron chi connectivity index (χ3n) is 17.3. The van der Waals surface area contributed by atoms with E-state index in [0.29, 0.717) is 0 Å². The topological polar surface area (TPSA) is 24.6 Å². The van der Waals surface area contributed by atoms with Gasteiger partial charge in [-0.05, 0) is 139 Å². The lowest BCUT2D eigenvalue weighted by Crippen LogP contribution is -2.57. The zero-order chi connectivity index (χ0) is 50.7. The van der Waals surface area contributed by atoms with Crippen LogP contribution in [0, 0.1) is 0 Å². The van der Waals surface area contributed by atoms with Crippen molar-refractivity contribution in [3.8, 4) is 22.3 Å². The van der Waals surface area contributed by atoms with Crippen molar-refractivity contribution in [3.63, 3.8) is 0 Å². The van der Waals surface area contributed by atoms with Gasteiger partial charge in [0.15, 0.2) is 5.58 Å². The number of para-hydroxylation sites is 3. The molecule has 0 spiro atoms. The summed E-state index contributed by atoms with van der Waals surface area (Å²) < 4.78 is 9.92. The Bertz CT molecular complexity index is 4310. The molecule has 0 radical (unpaired) electrons. The van der Waals surface area contributed by atoms with Crippen LogP contribution in [0.4, 0.5) is 34.1 Å². The minimum atomic E-state index is -0.277. The predicted molar refractivity (Wildman–Crippen MR) is 317 cm³/mol. The molecule has 10 aromatic carbocycles. The Morgan fingerprint density at radius 1 is 0.467 bits per heavy atom. The summed E-state index contributed by atoms with van der Waals surface area (Å²) in [7, 11) is 0. The number of fused-ring (bicyclic) bond motifs is 13. The van der Waals surface area contributed by atoms with E-state index in [9.17, 15) is 0 Å². The summed E-state index contributed by atoms with van der Waals surface area (Å²) >= 11 is 0. The Morgan fingerprint density at radius 3 is 1.75 bits per heavy atom. The van der Waals surface area contributed by atoms with Crippen molar-refractivity contribution >= 4 is 95.6 Å². The normalized spacial score (nSPS) is 14.8. The highest BCUT2D eigenvalue weighted by Crippen LogP contribution is 2.56. The number of rotatable bonds is 5. The van der Waals surface area contributed by atoms with E-state index in [1.807, 2.05) is 0 Å². The van der Waals surface area contributed by atoms with Crippen LogP contribution in [0.2, 0.25) is 0 Å². The molecule has 2 aliphatic heterocycles. The van der Waals surface area contributed by atoms with Gasteiger partial charge in [-0.2, -0.15) is 0 Å². The van der Waals surface area contributed by atoms with E-state index in [4.69, 9.17) is 4.42 Å². The zero-order valence-electron chi connectivity index (χ0n) is 43.5. The smallest absolute Gasteiger partial charge is 0.333 e. The quantitative estimate of drug-likeness (QED) is 0.161. The van der Waals surface area contributed by atoms with Crippen LogP contribution < -0.4 is 20.7 Å². The van der Waals surface area contributed by atoms with Gasteiger partial charge in [-0.15, -0.1) is 0 Å². The molecule has 12 aromatic rings. The number of hydrogen-bond acceptors (Lipinski definition) is 3. The van der Waals surface area contributed by atoms with Crippen LogP contribution in [-0.4, -0.2) is 11.3 Å². The maximum atomic E-state index is 7.23. The van der Waals surface area contributed by atoms with Crippen molar-refractivity contribution in [1.29, 1.82) is 0 Å². The monoisotopic (exact) mass is 965 g/mol. The number of benzene rings is 10. The van der Waals surface area contributed by atoms with Crippen molar-refractivity contribution < 1.29 is 4.42 Å². The first kappa shape index (κ1) is 44.0. The van der Waals surface area contributed by atoms with Crippen molar-refractivity contribution in [2.75, 3.05) is 9.80 Å². The van der Waals surface area contributed by atoms with Gasteiger partial charge in [0.2, 0.25) is 0 Å². The fraction of sp³-hybridized carbons (Fsp3) is 0.143. The summed E-state index contributed by atoms with van der Waals surface area (Å²) in [5.74, 6) is 0. The first-order chi connectivity index (χ1) is 36.4. The molecule has 3 aliphatic rings. The van der Waals surface area contributed by atoms with E-state index in [2.05, 4.69) is 275 Å². The lowest BCUT2D eigenvalue weighted by molar-refractivity contribution is 0.521. The second kappa shape index (κ2) is 15.5. The Labute approximate surface area is 439 Å². The van der Waals surface area contributed by atoms with Gasteiger partial charge >= 0.3 is 6.85 Å². The van der Waals surface area contributed by atoms with Crippen LogP contribution >= 0.6 is 0 Å². The van der Waals surface area contributed by atoms with E-state index >= 15 is 0 Å². The third-order valence-corrected chi connectivity index (χ3v) is 17.3. The molecule has 1 aliphatic carbocycles. The first-order valence-electron chi connectivity index (χ1n) is 26.6. The Hall–Kier alpha value is -8.54. The van der Waals surface area contributed by atoms with Crippen LogP contribution in [0.5, 0.6) is 0 Å². The molecule has 5 heteroatoms. The van der Waals surface area contributed by atoms with Gasteiger partial charge in [0.05, 0.1) is 11.2 Å². The number of aromatic nitrogens is 1. The number of anilines is 6. The van der Waals surface area contributed by atoms with Gasteiger partial charge in [0.1, 0.15) is 5.58 Å². The molecule has 2 aromatic heterocycles. The summed E-state index contributed by atoms with van der Waals surface area (Å²) in [6.45, 7) is 16.5. The highest BCUT2D eigenvalue weighted by molar-refractivity contribution is 6.90. The van der Waals surface area contributed by atoms with Crippen LogP contribution in [0.25, 0.3) is 66.0 Å². The molecule has 0 atom stereocenters. The number of nitrogens with zero attached hydrogens (tertiary/aromatic N) is 3. The van der Waals surface area contributed by atoms with E-state index in [1.165, 1.54) is 88.7 Å². The van der Waals surface area contributed by atoms with Crippen LogP contribution in [-0.2, 0) is 16.2 Å². The number of furan rings is 1. The average molecular weight is 966 g/mol. The maximum absolute atomic E-state index is 7.23. The van der Waals surface area contributed by atoms with E-state index in [0.717, 1.165) is 50.2 Å². The molecule has 4 nitrogen and oxygen atoms in total. The minimum absolute atomic E-state index is 0.0650. The second-order valence-electron chi connectivity index (χ2n) is 23.3. The Kier molecular flexibility index (Phi) is 9.09. The summed E-state index contributed by atoms with van der Waals surface area (Å²) in [5, 5.41) is 4.66. The zero-order valence-corrected chi connectivity index (χ0v) is 43.5. The van der Waals surface area contributed by atoms with Crippen molar-refractivity contribution in [3.05, 3.63) is 240 Å². The summed E-state index contributed by atoms with van der Waals surface area (Å²) in [6, 6.07) is 79.5. The van der Waals surface area contributed by atoms with Crippen LogP contribution in [0.1, 0.15) is 76.3 Å². The molecule has 0 fully saturated rings. The van der Waals surface area contributed by atoms with E-state index < -0.39 is 0 Å². The molecule has 360 valence electrons. The van der Waals surface area contributed by atoms with Gasteiger partial charge < -0.3 is 18.7 Å². The standard InChI is InChI=1S/C70H56BN3O/c1-68(2,3)45-35-36-59(51(38-45)43-23-11-8-12-24-43)73-60-42-57-56(69(4,5)54-32-20-21-33-55(54)70(57,6)7)41-58(60)71-64-61(73)37-44-25-17-18-30-49(44)63(64)52-39-48(72(46-26-13-9-14-27-46)47-28-15-10-16-29-47)40-53-65(52)74(71)66-50-31-19-22-34-62(50)75-67(53)66/h8-42H,1-7H3. The molecule has 0 N–H and O–H groups in total. The predicted octanol–water partition coefficient (Wildman–Crippen LogP) is 17.5. The van der Waals surface area contributed by atoms with Gasteiger partial charge in [0, 0.05) is 66.7 Å². The fourth-order valence-corrected chi connectivity index (χ4v) is 13.7. The van der Waals surface area contributed by atoms with Crippen molar-refractivity contribution in [1.82, 2.24) is 4.48 Å². The molecule has 0 bridgehead atoms. The first-order valence-corrected chi connectivity index (χ1v) is 26.6. The molecule has 15 rings (SSSR count). The third kappa shape index (κ3) is 6.13. The molecule has 0 saturated heterocycles. The van der Waals surface area contributed by atoms with Crippen molar-refractivity contribution in [2.24, 2.45) is 0 Å². The number of hydrogen-bond donors (Lipinski definition) is 0. The lowest BCUT2D eigenvalue weighted by Gasteiger charge is -2.47. The summed E-state index contributed by atoms with van der Waals surface area (Å²) in [5.41, 5.74) is 24.6. The van der Waals surface area contributed by atoms with Gasteiger partial charge in [-0.25, -0.2) is 0 Å². The Morgan fingerprint density at radius 2 is 1.07 bits per heavy atom. The summed E-state index contributed by atoms with van der Waals surface area (Å²) in [6.07, 6.45) is 0. The lowest BCUT2D eigenvalue weighted by atomic mass is 9.43. The molecule has 75 heavy (non-hydrogen) atoms. The highest BCUT2D eigenvalue weighted by atomic mass is 16.3. The molecule has 0 saturated carbocycles. The van der Waals surface area contributed by atoms with Crippen LogP contribution in [0.3, 0.4) is 0 Å². The van der Waals surface area contributed by atoms with E-state index in [1.54, 1.807) is 0 Å². The fourth-order valence-electron chi connectivity index (χ4n) is 13.7. The molecule has 0 amide bonds. The molecule has 0 unspecified atom stereocenters.